The van der Waals surface area contributed by atoms with E-state index in [9.17, 15) is 9.59 Å². The molecular weight excluding hydrogens is 406 g/mol. The Morgan fingerprint density at radius 1 is 1.09 bits per heavy atom. The number of nitrogens with zero attached hydrogens (tertiary/aromatic N) is 1. The molecule has 3 rings (SSSR count). The first-order chi connectivity index (χ1) is 15.2. The molecular formula is C26H33NO5. The Labute approximate surface area is 190 Å². The van der Waals surface area contributed by atoms with Gasteiger partial charge in [0.15, 0.2) is 6.10 Å². The van der Waals surface area contributed by atoms with Gasteiger partial charge in [-0.15, -0.1) is 0 Å². The van der Waals surface area contributed by atoms with Gasteiger partial charge in [0, 0.05) is 18.5 Å². The summed E-state index contributed by atoms with van der Waals surface area (Å²) < 4.78 is 11.8. The fourth-order valence-electron chi connectivity index (χ4n) is 3.84. The zero-order valence-electron chi connectivity index (χ0n) is 19.2. The van der Waals surface area contributed by atoms with Crippen LogP contribution in [0.4, 0.5) is 5.69 Å². The number of carboxylic acids is 1. The van der Waals surface area contributed by atoms with E-state index in [1.807, 2.05) is 29.2 Å². The smallest absolute Gasteiger partial charge is 0.307 e. The second-order valence-electron chi connectivity index (χ2n) is 9.40. The van der Waals surface area contributed by atoms with Crippen LogP contribution in [0.2, 0.25) is 0 Å². The van der Waals surface area contributed by atoms with E-state index in [1.165, 1.54) is 0 Å². The van der Waals surface area contributed by atoms with Crippen LogP contribution in [-0.2, 0) is 16.0 Å². The number of hydrogen-bond donors (Lipinski definition) is 1. The Balaban J connectivity index is 1.63. The van der Waals surface area contributed by atoms with Crippen LogP contribution in [0.3, 0.4) is 0 Å². The highest BCUT2D eigenvalue weighted by atomic mass is 16.5. The summed E-state index contributed by atoms with van der Waals surface area (Å²) in [4.78, 5) is 26.1. The first-order valence-corrected chi connectivity index (χ1v) is 11.2. The van der Waals surface area contributed by atoms with Gasteiger partial charge >= 0.3 is 5.97 Å². The maximum absolute atomic E-state index is 13.2. The molecule has 2 aromatic rings. The molecule has 0 saturated carbocycles. The number of ether oxygens (including phenoxy) is 2. The molecule has 0 bridgehead atoms. The average molecular weight is 440 g/mol. The van der Waals surface area contributed by atoms with Gasteiger partial charge in [-0.2, -0.15) is 0 Å². The minimum Gasteiger partial charge on any atom is -0.493 e. The van der Waals surface area contributed by atoms with E-state index in [4.69, 9.17) is 14.6 Å². The summed E-state index contributed by atoms with van der Waals surface area (Å²) in [6.45, 7) is 7.60. The van der Waals surface area contributed by atoms with Crippen LogP contribution >= 0.6 is 0 Å². The van der Waals surface area contributed by atoms with Gasteiger partial charge in [-0.25, -0.2) is 0 Å². The van der Waals surface area contributed by atoms with Crippen molar-refractivity contribution in [2.75, 3.05) is 18.1 Å². The van der Waals surface area contributed by atoms with Crippen LogP contribution in [0.5, 0.6) is 11.5 Å². The summed E-state index contributed by atoms with van der Waals surface area (Å²) in [5, 5.41) is 9.08. The summed E-state index contributed by atoms with van der Waals surface area (Å²) in [5.41, 5.74) is 1.71. The van der Waals surface area contributed by atoms with Gasteiger partial charge in [-0.05, 0) is 36.5 Å². The van der Waals surface area contributed by atoms with Crippen LogP contribution in [0, 0.1) is 5.41 Å². The quantitative estimate of drug-likeness (QED) is 0.522. The molecule has 32 heavy (non-hydrogen) atoms. The molecule has 0 radical (unpaired) electrons. The Kier molecular flexibility index (Phi) is 7.78. The average Bonchev–Trinajstić information content (AvgIpc) is 2.73. The third kappa shape index (κ3) is 6.49. The van der Waals surface area contributed by atoms with E-state index in [-0.39, 0.29) is 24.3 Å². The molecule has 0 aromatic heterocycles. The molecule has 1 N–H and O–H groups in total. The van der Waals surface area contributed by atoms with Gasteiger partial charge in [0.1, 0.15) is 11.5 Å². The fraction of sp³-hybridized carbons (Fsp3) is 0.462. The number of carbonyl (C=O) groups is 2. The van der Waals surface area contributed by atoms with Crippen molar-refractivity contribution in [3.63, 3.8) is 0 Å². The number of anilines is 1. The van der Waals surface area contributed by atoms with E-state index in [2.05, 4.69) is 20.8 Å². The zero-order chi connectivity index (χ0) is 23.1. The van der Waals surface area contributed by atoms with Gasteiger partial charge < -0.3 is 19.5 Å². The minimum absolute atomic E-state index is 0.0538. The van der Waals surface area contributed by atoms with Gasteiger partial charge in [-0.3, -0.25) is 9.59 Å². The molecule has 0 spiro atoms. The predicted octanol–water partition coefficient (Wildman–Crippen LogP) is 5.09. The topological polar surface area (TPSA) is 76.1 Å². The summed E-state index contributed by atoms with van der Waals surface area (Å²) in [6.07, 6.45) is 2.75. The third-order valence-corrected chi connectivity index (χ3v) is 5.48. The molecule has 0 saturated heterocycles. The number of carboxylic acid groups (broad SMARTS) is 1. The van der Waals surface area contributed by atoms with Crippen molar-refractivity contribution in [2.45, 2.75) is 59.0 Å². The van der Waals surface area contributed by atoms with Crippen molar-refractivity contribution in [2.24, 2.45) is 5.41 Å². The maximum Gasteiger partial charge on any atom is 0.307 e. The number of carbonyl (C=O) groups excluding carboxylic acids is 1. The molecule has 1 atom stereocenters. The van der Waals surface area contributed by atoms with E-state index in [0.29, 0.717) is 30.0 Å². The molecule has 1 heterocycles. The van der Waals surface area contributed by atoms with Gasteiger partial charge in [0.25, 0.3) is 5.91 Å². The minimum atomic E-state index is -0.912. The van der Waals surface area contributed by atoms with Crippen molar-refractivity contribution >= 4 is 17.6 Å². The highest BCUT2D eigenvalue weighted by Gasteiger charge is 2.33. The Morgan fingerprint density at radius 3 is 2.56 bits per heavy atom. The SMILES string of the molecule is CC(C)(C)CCCCN1C(=O)C(CCOc2ccccc2CC(=O)O)Oc2ccccc21. The first kappa shape index (κ1) is 23.6. The van der Waals surface area contributed by atoms with E-state index >= 15 is 0 Å². The lowest BCUT2D eigenvalue weighted by atomic mass is 9.90. The van der Waals surface area contributed by atoms with Crippen LogP contribution in [0.15, 0.2) is 48.5 Å². The Morgan fingerprint density at radius 2 is 1.81 bits per heavy atom. The molecule has 2 aromatic carbocycles. The Hall–Kier alpha value is -3.02. The van der Waals surface area contributed by atoms with Crippen molar-refractivity contribution in [3.05, 3.63) is 54.1 Å². The number of aliphatic carboxylic acids is 1. The first-order valence-electron chi connectivity index (χ1n) is 11.2. The van der Waals surface area contributed by atoms with Crippen LogP contribution < -0.4 is 14.4 Å². The molecule has 6 heteroatoms. The maximum atomic E-state index is 13.2. The molecule has 1 unspecified atom stereocenters. The highest BCUT2D eigenvalue weighted by Crippen LogP contribution is 2.35. The number of unbranched alkanes of at least 4 members (excludes halogenated alkanes) is 1. The largest absolute Gasteiger partial charge is 0.493 e. The number of fused-ring (bicyclic) bond motifs is 1. The molecule has 1 aliphatic heterocycles. The number of benzene rings is 2. The number of hydrogen-bond acceptors (Lipinski definition) is 4. The number of para-hydroxylation sites is 3. The third-order valence-electron chi connectivity index (χ3n) is 5.48. The van der Waals surface area contributed by atoms with Crippen LogP contribution in [0.1, 0.15) is 52.0 Å². The summed E-state index contributed by atoms with van der Waals surface area (Å²) in [5.74, 6) is 0.268. The molecule has 6 nitrogen and oxygen atoms in total. The molecule has 0 aliphatic carbocycles. The highest BCUT2D eigenvalue weighted by molar-refractivity contribution is 6.00. The molecule has 172 valence electrons. The molecule has 1 aliphatic rings. The zero-order valence-corrected chi connectivity index (χ0v) is 19.2. The lowest BCUT2D eigenvalue weighted by molar-refractivity contribution is -0.136. The lowest BCUT2D eigenvalue weighted by Gasteiger charge is -2.34. The summed E-state index contributed by atoms with van der Waals surface area (Å²) in [6, 6.07) is 14.7. The Bertz CT molecular complexity index is 934. The van der Waals surface area contributed by atoms with Crippen LogP contribution in [-0.4, -0.2) is 36.2 Å². The van der Waals surface area contributed by atoms with Crippen LogP contribution in [0.25, 0.3) is 0 Å². The normalized spacial score (nSPS) is 15.8. The van der Waals surface area contributed by atoms with Gasteiger partial charge in [0.2, 0.25) is 0 Å². The van der Waals surface area contributed by atoms with E-state index < -0.39 is 12.1 Å². The second kappa shape index (κ2) is 10.5. The molecule has 0 fully saturated rings. The van der Waals surface area contributed by atoms with Crippen molar-refractivity contribution in [1.82, 2.24) is 0 Å². The van der Waals surface area contributed by atoms with Crippen molar-refractivity contribution < 1.29 is 24.2 Å². The standard InChI is InChI=1S/C26H33NO5/c1-26(2,3)15-8-9-16-27-20-11-5-7-13-22(20)32-23(25(27)30)14-17-31-21-12-6-4-10-19(21)18-24(28)29/h4-7,10-13,23H,8-9,14-18H2,1-3H3,(H,28,29). The van der Waals surface area contributed by atoms with Gasteiger partial charge in [0.05, 0.1) is 18.7 Å². The number of rotatable bonds is 10. The van der Waals surface area contributed by atoms with E-state index in [0.717, 1.165) is 24.9 Å². The fourth-order valence-corrected chi connectivity index (χ4v) is 3.84. The second-order valence-corrected chi connectivity index (χ2v) is 9.40. The van der Waals surface area contributed by atoms with E-state index in [1.54, 1.807) is 24.3 Å². The summed E-state index contributed by atoms with van der Waals surface area (Å²) >= 11 is 0. The van der Waals surface area contributed by atoms with Crippen molar-refractivity contribution in [1.29, 1.82) is 0 Å². The molecule has 1 amide bonds. The van der Waals surface area contributed by atoms with Gasteiger partial charge in [-0.1, -0.05) is 57.5 Å². The summed E-state index contributed by atoms with van der Waals surface area (Å²) in [7, 11) is 0. The van der Waals surface area contributed by atoms with Crippen molar-refractivity contribution in [3.8, 4) is 11.5 Å². The monoisotopic (exact) mass is 439 g/mol. The lowest BCUT2D eigenvalue weighted by Crippen LogP contribution is -2.47. The predicted molar refractivity (Wildman–Crippen MR) is 124 cm³/mol. The number of amides is 1.